The first kappa shape index (κ1) is 27.1. The molecular formula is C30H33FN2O5. The quantitative estimate of drug-likeness (QED) is 0.301. The molecule has 8 heteroatoms. The first-order valence-corrected chi connectivity index (χ1v) is 12.9. The maximum absolute atomic E-state index is 13.9. The lowest BCUT2D eigenvalue weighted by atomic mass is 9.82. The van der Waals surface area contributed by atoms with E-state index in [9.17, 15) is 19.1 Å². The van der Waals surface area contributed by atoms with Crippen molar-refractivity contribution < 1.29 is 28.6 Å². The van der Waals surface area contributed by atoms with Crippen molar-refractivity contribution in [2.45, 2.75) is 57.9 Å². The van der Waals surface area contributed by atoms with E-state index in [2.05, 4.69) is 10.3 Å². The molecule has 0 unspecified atom stereocenters. The van der Waals surface area contributed by atoms with Gasteiger partial charge in [-0.15, -0.1) is 0 Å². The summed E-state index contributed by atoms with van der Waals surface area (Å²) in [6, 6.07) is 13.2. The molecule has 1 saturated carbocycles. The number of ether oxygens (including phenoxy) is 2. The molecule has 0 aliphatic heterocycles. The monoisotopic (exact) mass is 520 g/mol. The Balaban J connectivity index is 1.24. The highest BCUT2D eigenvalue weighted by atomic mass is 19.1. The molecule has 0 spiro atoms. The van der Waals surface area contributed by atoms with Gasteiger partial charge in [-0.2, -0.15) is 0 Å². The second-order valence-electron chi connectivity index (χ2n) is 9.81. The van der Waals surface area contributed by atoms with Crippen molar-refractivity contribution in [3.05, 3.63) is 77.2 Å². The number of rotatable bonds is 10. The number of ketones is 1. The molecule has 0 saturated heterocycles. The van der Waals surface area contributed by atoms with Crippen molar-refractivity contribution in [3.63, 3.8) is 0 Å². The summed E-state index contributed by atoms with van der Waals surface area (Å²) in [5.41, 5.74) is 1.38. The lowest BCUT2D eigenvalue weighted by Gasteiger charge is -2.29. The Morgan fingerprint density at radius 2 is 1.84 bits per heavy atom. The number of nitrogens with zero attached hydrogens (tertiary/aromatic N) is 1. The van der Waals surface area contributed by atoms with E-state index in [1.807, 2.05) is 25.1 Å². The van der Waals surface area contributed by atoms with Crippen molar-refractivity contribution in [2.75, 3.05) is 7.11 Å². The predicted molar refractivity (Wildman–Crippen MR) is 142 cm³/mol. The van der Waals surface area contributed by atoms with Crippen LogP contribution >= 0.6 is 0 Å². The van der Waals surface area contributed by atoms with Crippen LogP contribution in [0, 0.1) is 18.7 Å². The molecule has 1 amide bonds. The minimum absolute atomic E-state index is 0.0431. The predicted octanol–water partition coefficient (Wildman–Crippen LogP) is 6.38. The number of phenolic OH excluding ortho intramolecular Hbond substituents is 1. The molecule has 3 aromatic rings. The van der Waals surface area contributed by atoms with Crippen molar-refractivity contribution in [2.24, 2.45) is 5.92 Å². The summed E-state index contributed by atoms with van der Waals surface area (Å²) < 4.78 is 24.8. The van der Waals surface area contributed by atoms with Crippen LogP contribution in [-0.2, 0) is 0 Å². The number of aryl methyl sites for hydroxylation is 1. The van der Waals surface area contributed by atoms with Gasteiger partial charge in [0.2, 0.25) is 5.88 Å². The second-order valence-corrected chi connectivity index (χ2v) is 9.81. The Morgan fingerprint density at radius 3 is 2.55 bits per heavy atom. The summed E-state index contributed by atoms with van der Waals surface area (Å²) in [5.74, 6) is 0.423. The lowest BCUT2D eigenvalue weighted by Crippen LogP contribution is -2.37. The number of halogens is 1. The molecule has 1 fully saturated rings. The topological polar surface area (TPSA) is 97.8 Å². The van der Waals surface area contributed by atoms with E-state index in [4.69, 9.17) is 9.47 Å². The number of benzene rings is 2. The fraction of sp³-hybridized carbons (Fsp3) is 0.367. The maximum atomic E-state index is 13.9. The van der Waals surface area contributed by atoms with Crippen LogP contribution in [0.5, 0.6) is 23.1 Å². The highest BCUT2D eigenvalue weighted by Gasteiger charge is 2.24. The molecule has 1 aliphatic carbocycles. The van der Waals surface area contributed by atoms with Gasteiger partial charge in [0.05, 0.1) is 24.4 Å². The van der Waals surface area contributed by atoms with Crippen LogP contribution in [0.3, 0.4) is 0 Å². The van der Waals surface area contributed by atoms with Crippen LogP contribution in [0.15, 0.2) is 54.7 Å². The Hall–Kier alpha value is -3.94. The van der Waals surface area contributed by atoms with Gasteiger partial charge in [-0.05, 0) is 80.8 Å². The minimum atomic E-state index is -0.576. The third-order valence-corrected chi connectivity index (χ3v) is 6.97. The zero-order valence-electron chi connectivity index (χ0n) is 21.7. The average molecular weight is 521 g/mol. The summed E-state index contributed by atoms with van der Waals surface area (Å²) in [4.78, 5) is 29.5. The number of amides is 1. The zero-order chi connectivity index (χ0) is 27.1. The van der Waals surface area contributed by atoms with Crippen molar-refractivity contribution >= 4 is 11.7 Å². The molecule has 0 bridgehead atoms. The van der Waals surface area contributed by atoms with Gasteiger partial charge < -0.3 is 19.9 Å². The van der Waals surface area contributed by atoms with Crippen LogP contribution in [0.2, 0.25) is 0 Å². The van der Waals surface area contributed by atoms with Gasteiger partial charge in [0, 0.05) is 18.5 Å². The van der Waals surface area contributed by atoms with Crippen molar-refractivity contribution in [1.29, 1.82) is 0 Å². The molecular weight excluding hydrogens is 487 g/mol. The van der Waals surface area contributed by atoms with E-state index in [1.165, 1.54) is 19.2 Å². The number of methoxy groups -OCH3 is 1. The summed E-state index contributed by atoms with van der Waals surface area (Å²) in [5, 5.41) is 13.1. The normalized spacial score (nSPS) is 17.0. The lowest BCUT2D eigenvalue weighted by molar-refractivity contribution is 0.0913. The van der Waals surface area contributed by atoms with E-state index in [0.717, 1.165) is 43.9 Å². The summed E-state index contributed by atoms with van der Waals surface area (Å²) in [7, 11) is 1.50. The van der Waals surface area contributed by atoms with Crippen LogP contribution < -0.4 is 14.8 Å². The molecule has 0 radical (unpaired) electrons. The third-order valence-electron chi connectivity index (χ3n) is 6.97. The highest BCUT2D eigenvalue weighted by molar-refractivity contribution is 5.98. The summed E-state index contributed by atoms with van der Waals surface area (Å²) in [6.07, 6.45) is 6.45. The summed E-state index contributed by atoms with van der Waals surface area (Å²) in [6.45, 7) is 1.93. The van der Waals surface area contributed by atoms with Gasteiger partial charge in [0.25, 0.3) is 5.91 Å². The van der Waals surface area contributed by atoms with E-state index in [0.29, 0.717) is 23.8 Å². The standard InChI is InChI=1S/C30H33FN2O5/c1-19-5-3-7-24(15-19)38-30-26(16-21(31)18-32-30)27(34)8-4-6-20-9-11-22(12-10-20)33-29(36)25-14-13-23(37-2)17-28(25)35/h3,5,7,13-18,20,22,35H,4,6,8-12H2,1-2H3,(H,33,36). The number of carbonyl (C=O) groups is 2. The van der Waals surface area contributed by atoms with E-state index in [-0.39, 0.29) is 46.9 Å². The first-order chi connectivity index (χ1) is 18.3. The minimum Gasteiger partial charge on any atom is -0.507 e. The van der Waals surface area contributed by atoms with E-state index >= 15 is 0 Å². The Kier molecular flexibility index (Phi) is 8.94. The molecule has 7 nitrogen and oxygen atoms in total. The molecule has 1 aliphatic rings. The molecule has 1 aromatic heterocycles. The fourth-order valence-corrected chi connectivity index (χ4v) is 4.87. The zero-order valence-corrected chi connectivity index (χ0v) is 21.7. The average Bonchev–Trinajstić information content (AvgIpc) is 2.90. The van der Waals surface area contributed by atoms with Gasteiger partial charge in [0.1, 0.15) is 23.1 Å². The van der Waals surface area contributed by atoms with Crippen LogP contribution in [-0.4, -0.2) is 34.9 Å². The SMILES string of the molecule is COc1ccc(C(=O)NC2CCC(CCCC(=O)c3cc(F)cnc3Oc3cccc(C)c3)CC2)c(O)c1. The van der Waals surface area contributed by atoms with E-state index in [1.54, 1.807) is 18.2 Å². The first-order valence-electron chi connectivity index (χ1n) is 12.9. The molecule has 38 heavy (non-hydrogen) atoms. The Bertz CT molecular complexity index is 1290. The molecule has 1 heterocycles. The van der Waals surface area contributed by atoms with Crippen LogP contribution in [0.1, 0.15) is 71.2 Å². The number of nitrogens with one attached hydrogen (secondary N) is 1. The second kappa shape index (κ2) is 12.5. The number of Topliss-reactive ketones (excluding diaryl/α,β-unsaturated/α-hetero) is 1. The molecule has 2 aromatic carbocycles. The number of pyridine rings is 1. The number of aromatic nitrogens is 1. The Labute approximate surface area is 222 Å². The number of aromatic hydroxyl groups is 1. The fourth-order valence-electron chi connectivity index (χ4n) is 4.87. The molecule has 2 N–H and O–H groups in total. The number of hydrogen-bond acceptors (Lipinski definition) is 6. The van der Waals surface area contributed by atoms with Gasteiger partial charge in [-0.3, -0.25) is 9.59 Å². The Morgan fingerprint density at radius 1 is 1.05 bits per heavy atom. The van der Waals surface area contributed by atoms with Gasteiger partial charge in [-0.25, -0.2) is 9.37 Å². The number of hydrogen-bond donors (Lipinski definition) is 2. The number of carbonyl (C=O) groups excluding carboxylic acids is 2. The third kappa shape index (κ3) is 7.09. The number of phenols is 1. The molecule has 0 atom stereocenters. The molecule has 4 rings (SSSR count). The van der Waals surface area contributed by atoms with E-state index < -0.39 is 5.82 Å². The smallest absolute Gasteiger partial charge is 0.255 e. The van der Waals surface area contributed by atoms with Crippen LogP contribution in [0.4, 0.5) is 4.39 Å². The van der Waals surface area contributed by atoms with Gasteiger partial charge >= 0.3 is 0 Å². The van der Waals surface area contributed by atoms with Crippen LogP contribution in [0.25, 0.3) is 0 Å². The van der Waals surface area contributed by atoms with Crippen molar-refractivity contribution in [1.82, 2.24) is 10.3 Å². The highest BCUT2D eigenvalue weighted by Crippen LogP contribution is 2.31. The summed E-state index contributed by atoms with van der Waals surface area (Å²) >= 11 is 0. The van der Waals surface area contributed by atoms with Crippen molar-refractivity contribution in [3.8, 4) is 23.1 Å². The van der Waals surface area contributed by atoms with Gasteiger partial charge in [0.15, 0.2) is 5.78 Å². The largest absolute Gasteiger partial charge is 0.507 e. The van der Waals surface area contributed by atoms with Gasteiger partial charge in [-0.1, -0.05) is 18.6 Å². The maximum Gasteiger partial charge on any atom is 0.255 e. The molecule has 200 valence electrons.